The summed E-state index contributed by atoms with van der Waals surface area (Å²) < 4.78 is 0. The van der Waals surface area contributed by atoms with Crippen molar-refractivity contribution in [3.8, 4) is 0 Å². The first-order valence-electron chi connectivity index (χ1n) is 9.79. The van der Waals surface area contributed by atoms with Gasteiger partial charge in [-0.2, -0.15) is 0 Å². The number of rotatable bonds is 7. The van der Waals surface area contributed by atoms with Crippen LogP contribution >= 0.6 is 24.0 Å². The molecule has 2 rings (SSSR count). The van der Waals surface area contributed by atoms with Crippen molar-refractivity contribution in [2.24, 2.45) is 10.9 Å². The van der Waals surface area contributed by atoms with Gasteiger partial charge in [0.1, 0.15) is 0 Å². The number of anilines is 1. The fraction of sp³-hybridized carbons (Fsp3) is 0.391. The number of benzene rings is 2. The molecule has 0 unspecified atom stereocenters. The summed E-state index contributed by atoms with van der Waals surface area (Å²) >= 11 is 0. The number of guanidine groups is 1. The number of hydrogen-bond donors (Lipinski definition) is 3. The quantitative estimate of drug-likeness (QED) is 0.295. The minimum absolute atomic E-state index is 0. The molecule has 0 aliphatic rings. The molecule has 0 spiro atoms. The molecule has 3 N–H and O–H groups in total. The molecule has 5 nitrogen and oxygen atoms in total. The van der Waals surface area contributed by atoms with Gasteiger partial charge in [-0.05, 0) is 43.5 Å². The molecule has 1 amide bonds. The maximum Gasteiger partial charge on any atom is 0.226 e. The summed E-state index contributed by atoms with van der Waals surface area (Å²) in [5.74, 6) is 0.778. The molecule has 0 aliphatic heterocycles. The Morgan fingerprint density at radius 1 is 0.966 bits per heavy atom. The fourth-order valence-corrected chi connectivity index (χ4v) is 2.94. The number of amides is 1. The van der Waals surface area contributed by atoms with Crippen LogP contribution in [0, 0.1) is 19.8 Å². The number of hydrogen-bond acceptors (Lipinski definition) is 2. The lowest BCUT2D eigenvalue weighted by atomic mass is 10.1. The predicted octanol–water partition coefficient (Wildman–Crippen LogP) is 4.42. The van der Waals surface area contributed by atoms with Gasteiger partial charge in [0.15, 0.2) is 5.96 Å². The molecule has 0 bridgehead atoms. The number of halogens is 1. The van der Waals surface area contributed by atoms with E-state index >= 15 is 0 Å². The van der Waals surface area contributed by atoms with Crippen LogP contribution in [0.5, 0.6) is 0 Å². The predicted molar refractivity (Wildman–Crippen MR) is 133 cm³/mol. The first-order chi connectivity index (χ1) is 13.4. The van der Waals surface area contributed by atoms with Gasteiger partial charge in [0.2, 0.25) is 5.91 Å². The topological polar surface area (TPSA) is 65.5 Å². The summed E-state index contributed by atoms with van der Waals surface area (Å²) in [6.45, 7) is 9.51. The van der Waals surface area contributed by atoms with Crippen molar-refractivity contribution in [2.75, 3.05) is 18.9 Å². The van der Waals surface area contributed by atoms with Gasteiger partial charge in [0.25, 0.3) is 0 Å². The summed E-state index contributed by atoms with van der Waals surface area (Å²) in [6.07, 6.45) is 0.952. The fourth-order valence-electron chi connectivity index (χ4n) is 2.94. The minimum atomic E-state index is -0.0283. The summed E-state index contributed by atoms with van der Waals surface area (Å²) in [7, 11) is 1.77. The highest BCUT2D eigenvalue weighted by Crippen LogP contribution is 2.11. The Kier molecular flexibility index (Phi) is 10.7. The van der Waals surface area contributed by atoms with Crippen molar-refractivity contribution in [3.63, 3.8) is 0 Å². The van der Waals surface area contributed by atoms with E-state index in [0.29, 0.717) is 6.54 Å². The highest BCUT2D eigenvalue weighted by Gasteiger charge is 2.07. The van der Waals surface area contributed by atoms with Crippen LogP contribution in [0.25, 0.3) is 0 Å². The largest absolute Gasteiger partial charge is 0.356 e. The van der Waals surface area contributed by atoms with Crippen LogP contribution in [0.15, 0.2) is 47.5 Å². The average Bonchev–Trinajstić information content (AvgIpc) is 2.64. The van der Waals surface area contributed by atoms with Crippen molar-refractivity contribution < 1.29 is 4.79 Å². The van der Waals surface area contributed by atoms with Gasteiger partial charge in [0.05, 0.1) is 0 Å². The van der Waals surface area contributed by atoms with Gasteiger partial charge in [-0.1, -0.05) is 55.3 Å². The Morgan fingerprint density at radius 3 is 2.14 bits per heavy atom. The molecule has 0 radical (unpaired) electrons. The van der Waals surface area contributed by atoms with E-state index in [-0.39, 0.29) is 35.8 Å². The maximum atomic E-state index is 11.7. The second-order valence-electron chi connectivity index (χ2n) is 7.44. The lowest BCUT2D eigenvalue weighted by Crippen LogP contribution is -2.37. The second-order valence-corrected chi connectivity index (χ2v) is 7.44. The normalized spacial score (nSPS) is 11.0. The van der Waals surface area contributed by atoms with Crippen LogP contribution in [0.4, 0.5) is 5.69 Å². The van der Waals surface area contributed by atoms with E-state index in [2.05, 4.69) is 53.0 Å². The van der Waals surface area contributed by atoms with Gasteiger partial charge >= 0.3 is 0 Å². The molecule has 0 saturated carbocycles. The lowest BCUT2D eigenvalue weighted by Gasteiger charge is -2.13. The third-order valence-electron chi connectivity index (χ3n) is 4.42. The van der Waals surface area contributed by atoms with E-state index in [0.717, 1.165) is 30.2 Å². The van der Waals surface area contributed by atoms with E-state index in [1.165, 1.54) is 16.7 Å². The van der Waals surface area contributed by atoms with E-state index in [9.17, 15) is 4.79 Å². The zero-order valence-corrected chi connectivity index (χ0v) is 20.3. The van der Waals surface area contributed by atoms with Crippen molar-refractivity contribution in [2.45, 2.75) is 40.7 Å². The molecular formula is C23H33IN4O. The molecule has 0 aromatic heterocycles. The van der Waals surface area contributed by atoms with Crippen molar-refractivity contribution in [1.29, 1.82) is 0 Å². The summed E-state index contributed by atoms with van der Waals surface area (Å²) in [5, 5.41) is 9.58. The van der Waals surface area contributed by atoms with Gasteiger partial charge in [0, 0.05) is 31.7 Å². The summed E-state index contributed by atoms with van der Waals surface area (Å²) in [4.78, 5) is 16.0. The van der Waals surface area contributed by atoms with E-state index in [1.807, 2.05) is 38.1 Å². The molecule has 0 saturated heterocycles. The molecule has 2 aromatic carbocycles. The molecule has 0 atom stereocenters. The number of aryl methyl sites for hydroxylation is 2. The SMILES string of the molecule is CN=C(NCCc1cc(C)cc(C)c1)NCc1ccc(NC(=O)C(C)C)cc1.I. The van der Waals surface area contributed by atoms with Crippen LogP contribution in [0.2, 0.25) is 0 Å². The van der Waals surface area contributed by atoms with Gasteiger partial charge < -0.3 is 16.0 Å². The summed E-state index contributed by atoms with van der Waals surface area (Å²) in [5.41, 5.74) is 5.87. The third-order valence-corrected chi connectivity index (χ3v) is 4.42. The average molecular weight is 508 g/mol. The van der Waals surface area contributed by atoms with Gasteiger partial charge in [-0.15, -0.1) is 24.0 Å². The number of carbonyl (C=O) groups excluding carboxylic acids is 1. The Labute approximate surface area is 191 Å². The molecule has 0 heterocycles. The van der Waals surface area contributed by atoms with Crippen LogP contribution in [-0.2, 0) is 17.8 Å². The molecule has 6 heteroatoms. The van der Waals surface area contributed by atoms with Crippen LogP contribution in [0.1, 0.15) is 36.1 Å². The molecule has 29 heavy (non-hydrogen) atoms. The molecule has 2 aromatic rings. The Balaban J connectivity index is 0.00000420. The zero-order chi connectivity index (χ0) is 20.5. The van der Waals surface area contributed by atoms with Gasteiger partial charge in [-0.3, -0.25) is 9.79 Å². The molecule has 158 valence electrons. The number of nitrogens with one attached hydrogen (secondary N) is 3. The smallest absolute Gasteiger partial charge is 0.226 e. The number of aliphatic imine (C=N–C) groups is 1. The Hall–Kier alpha value is -2.09. The lowest BCUT2D eigenvalue weighted by molar-refractivity contribution is -0.118. The van der Waals surface area contributed by atoms with Gasteiger partial charge in [-0.25, -0.2) is 0 Å². The first-order valence-corrected chi connectivity index (χ1v) is 9.79. The highest BCUT2D eigenvalue weighted by molar-refractivity contribution is 14.0. The van der Waals surface area contributed by atoms with Crippen molar-refractivity contribution in [3.05, 3.63) is 64.7 Å². The standard InChI is InChI=1S/C23H32N4O.HI/c1-16(2)22(28)27-21-8-6-19(7-9-21)15-26-23(24-5)25-11-10-20-13-17(3)12-18(4)14-20;/h6-9,12-14,16H,10-11,15H2,1-5H3,(H,27,28)(H2,24,25,26);1H. The van der Waals surface area contributed by atoms with E-state index in [1.54, 1.807) is 7.05 Å². The van der Waals surface area contributed by atoms with Crippen LogP contribution in [-0.4, -0.2) is 25.5 Å². The Morgan fingerprint density at radius 2 is 1.59 bits per heavy atom. The Bertz CT molecular complexity index is 796. The van der Waals surface area contributed by atoms with Crippen LogP contribution in [0.3, 0.4) is 0 Å². The molecular weight excluding hydrogens is 475 g/mol. The monoisotopic (exact) mass is 508 g/mol. The van der Waals surface area contributed by atoms with E-state index in [4.69, 9.17) is 0 Å². The summed E-state index contributed by atoms with van der Waals surface area (Å²) in [6, 6.07) is 14.5. The number of carbonyl (C=O) groups is 1. The maximum absolute atomic E-state index is 11.7. The van der Waals surface area contributed by atoms with E-state index < -0.39 is 0 Å². The minimum Gasteiger partial charge on any atom is -0.356 e. The van der Waals surface area contributed by atoms with Crippen molar-refractivity contribution in [1.82, 2.24) is 10.6 Å². The van der Waals surface area contributed by atoms with Crippen molar-refractivity contribution >= 4 is 41.5 Å². The second kappa shape index (κ2) is 12.5. The molecule has 0 fully saturated rings. The third kappa shape index (κ3) is 8.85. The number of nitrogens with zero attached hydrogens (tertiary/aromatic N) is 1. The van der Waals surface area contributed by atoms with Crippen LogP contribution < -0.4 is 16.0 Å². The molecule has 0 aliphatic carbocycles. The first kappa shape index (κ1) is 24.9. The zero-order valence-electron chi connectivity index (χ0n) is 18.0. The highest BCUT2D eigenvalue weighted by atomic mass is 127.